The molecule has 6 atom stereocenters. The fourth-order valence-electron chi connectivity index (χ4n) is 4.31. The third-order valence-electron chi connectivity index (χ3n) is 4.69. The number of aliphatic hydroxyl groups is 1. The summed E-state index contributed by atoms with van der Waals surface area (Å²) in [7, 11) is 0. The van der Waals surface area contributed by atoms with Crippen molar-refractivity contribution in [3.8, 4) is 0 Å². The molecule has 0 saturated heterocycles. The molecule has 6 unspecified atom stereocenters. The van der Waals surface area contributed by atoms with Crippen molar-refractivity contribution in [3.05, 3.63) is 12.8 Å². The Morgan fingerprint density at radius 2 is 2.07 bits per heavy atom. The Labute approximate surface area is 85.0 Å². The van der Waals surface area contributed by atoms with Gasteiger partial charge in [-0.2, -0.15) is 0 Å². The molecule has 2 nitrogen and oxygen atoms in total. The minimum atomic E-state index is -0.0104. The second kappa shape index (κ2) is 2.99. The lowest BCUT2D eigenvalue weighted by atomic mass is 9.79. The van der Waals surface area contributed by atoms with Crippen molar-refractivity contribution in [2.45, 2.75) is 37.9 Å². The Morgan fingerprint density at radius 3 is 2.86 bits per heavy atom. The lowest BCUT2D eigenvalue weighted by Gasteiger charge is -2.30. The van der Waals surface area contributed by atoms with Gasteiger partial charge >= 0.3 is 0 Å². The molecule has 3 aliphatic rings. The van der Waals surface area contributed by atoms with Gasteiger partial charge in [0.05, 0.1) is 12.4 Å². The Morgan fingerprint density at radius 1 is 1.21 bits per heavy atom. The van der Waals surface area contributed by atoms with E-state index in [0.717, 1.165) is 24.2 Å². The molecule has 0 heterocycles. The lowest BCUT2D eigenvalue weighted by molar-refractivity contribution is 0.0235. The van der Waals surface area contributed by atoms with Gasteiger partial charge in [0.2, 0.25) is 0 Å². The van der Waals surface area contributed by atoms with Crippen molar-refractivity contribution in [2.24, 2.45) is 23.7 Å². The smallest absolute Gasteiger partial charge is 0.101 e. The predicted molar refractivity (Wildman–Crippen MR) is 53.5 cm³/mol. The van der Waals surface area contributed by atoms with Crippen LogP contribution in [0.2, 0.25) is 0 Å². The Bertz CT molecular complexity index is 251. The summed E-state index contributed by atoms with van der Waals surface area (Å²) in [5, 5.41) is 9.82. The molecule has 0 aliphatic heterocycles. The molecule has 2 heteroatoms. The van der Waals surface area contributed by atoms with E-state index >= 15 is 0 Å². The average Bonchev–Trinajstić information content (AvgIpc) is 2.77. The van der Waals surface area contributed by atoms with Crippen molar-refractivity contribution >= 4 is 0 Å². The highest BCUT2D eigenvalue weighted by atomic mass is 16.5. The second-order valence-electron chi connectivity index (χ2n) is 5.12. The molecule has 1 N–H and O–H groups in total. The minimum absolute atomic E-state index is 0.0104. The maximum atomic E-state index is 9.82. The molecule has 2 bridgehead atoms. The summed E-state index contributed by atoms with van der Waals surface area (Å²) in [5.74, 6) is 2.78. The standard InChI is InChI=1S/C12H18O2/c1-2-14-11-4-3-8-9-5-7(12(8)11)6-10(9)13/h2,7-13H,1,3-6H2. The molecule has 78 valence electrons. The van der Waals surface area contributed by atoms with Crippen LogP contribution < -0.4 is 0 Å². The van der Waals surface area contributed by atoms with E-state index in [2.05, 4.69) is 6.58 Å². The van der Waals surface area contributed by atoms with Crippen LogP contribution in [0.15, 0.2) is 12.8 Å². The van der Waals surface area contributed by atoms with Gasteiger partial charge in [-0.1, -0.05) is 6.58 Å². The zero-order valence-corrected chi connectivity index (χ0v) is 8.43. The van der Waals surface area contributed by atoms with Crippen LogP contribution in [0.1, 0.15) is 25.7 Å². The molecular formula is C12H18O2. The number of hydrogen-bond donors (Lipinski definition) is 1. The lowest BCUT2D eigenvalue weighted by Crippen LogP contribution is -2.32. The van der Waals surface area contributed by atoms with E-state index in [1.54, 1.807) is 6.26 Å². The highest BCUT2D eigenvalue weighted by Gasteiger charge is 2.57. The minimum Gasteiger partial charge on any atom is -0.498 e. The average molecular weight is 194 g/mol. The van der Waals surface area contributed by atoms with E-state index in [4.69, 9.17) is 4.74 Å². The Hall–Kier alpha value is -0.500. The maximum absolute atomic E-state index is 9.82. The zero-order valence-electron chi connectivity index (χ0n) is 8.43. The summed E-state index contributed by atoms with van der Waals surface area (Å²) in [6.07, 6.45) is 6.66. The molecule has 0 amide bonds. The van der Waals surface area contributed by atoms with E-state index < -0.39 is 0 Å². The fraction of sp³-hybridized carbons (Fsp3) is 0.833. The molecule has 14 heavy (non-hydrogen) atoms. The number of ether oxygens (including phenoxy) is 1. The number of fused-ring (bicyclic) bond motifs is 5. The van der Waals surface area contributed by atoms with Crippen molar-refractivity contribution in [2.75, 3.05) is 0 Å². The third-order valence-corrected chi connectivity index (χ3v) is 4.69. The van der Waals surface area contributed by atoms with Crippen LogP contribution >= 0.6 is 0 Å². The topological polar surface area (TPSA) is 29.5 Å². The molecule has 3 rings (SSSR count). The van der Waals surface area contributed by atoms with Crippen LogP contribution in [0.5, 0.6) is 0 Å². The van der Waals surface area contributed by atoms with Gasteiger partial charge in [-0.15, -0.1) is 0 Å². The van der Waals surface area contributed by atoms with Crippen molar-refractivity contribution < 1.29 is 9.84 Å². The van der Waals surface area contributed by atoms with Crippen molar-refractivity contribution in [1.82, 2.24) is 0 Å². The van der Waals surface area contributed by atoms with Gasteiger partial charge in [0.15, 0.2) is 0 Å². The molecule has 0 aromatic rings. The molecule has 0 aromatic carbocycles. The van der Waals surface area contributed by atoms with Crippen molar-refractivity contribution in [3.63, 3.8) is 0 Å². The fourth-order valence-corrected chi connectivity index (χ4v) is 4.31. The number of hydrogen-bond acceptors (Lipinski definition) is 2. The summed E-state index contributed by atoms with van der Waals surface area (Å²) in [5.41, 5.74) is 0. The SMILES string of the molecule is C=COC1CCC2C3CC(CC3O)C12. The van der Waals surface area contributed by atoms with E-state index in [1.165, 1.54) is 19.3 Å². The van der Waals surface area contributed by atoms with Gasteiger partial charge in [-0.05, 0) is 43.4 Å². The highest BCUT2D eigenvalue weighted by molar-refractivity contribution is 5.06. The van der Waals surface area contributed by atoms with Crippen LogP contribution in [0.3, 0.4) is 0 Å². The first-order chi connectivity index (χ1) is 6.81. The highest BCUT2D eigenvalue weighted by Crippen LogP contribution is 2.59. The van der Waals surface area contributed by atoms with E-state index in [-0.39, 0.29) is 6.10 Å². The van der Waals surface area contributed by atoms with Gasteiger partial charge in [0.25, 0.3) is 0 Å². The first-order valence-corrected chi connectivity index (χ1v) is 5.75. The maximum Gasteiger partial charge on any atom is 0.101 e. The van der Waals surface area contributed by atoms with E-state index in [0.29, 0.717) is 12.0 Å². The summed E-state index contributed by atoms with van der Waals surface area (Å²) in [4.78, 5) is 0. The largest absolute Gasteiger partial charge is 0.498 e. The summed E-state index contributed by atoms with van der Waals surface area (Å²) in [6.45, 7) is 3.64. The van der Waals surface area contributed by atoms with Crippen LogP contribution in [0, 0.1) is 23.7 Å². The molecule has 3 fully saturated rings. The molecular weight excluding hydrogens is 176 g/mol. The monoisotopic (exact) mass is 194 g/mol. The first-order valence-electron chi connectivity index (χ1n) is 5.75. The normalized spacial score (nSPS) is 54.6. The van der Waals surface area contributed by atoms with Gasteiger partial charge in [0, 0.05) is 5.92 Å². The first kappa shape index (κ1) is 8.78. The zero-order chi connectivity index (χ0) is 9.71. The number of rotatable bonds is 2. The van der Waals surface area contributed by atoms with Gasteiger partial charge in [0.1, 0.15) is 6.10 Å². The van der Waals surface area contributed by atoms with E-state index in [1.807, 2.05) is 0 Å². The van der Waals surface area contributed by atoms with Gasteiger partial charge in [-0.25, -0.2) is 0 Å². The molecule has 3 aliphatic carbocycles. The van der Waals surface area contributed by atoms with Crippen LogP contribution in [-0.2, 0) is 4.74 Å². The second-order valence-corrected chi connectivity index (χ2v) is 5.12. The van der Waals surface area contributed by atoms with Gasteiger partial charge < -0.3 is 9.84 Å². The molecule has 3 saturated carbocycles. The van der Waals surface area contributed by atoms with Crippen molar-refractivity contribution in [1.29, 1.82) is 0 Å². The third kappa shape index (κ3) is 1.01. The summed E-state index contributed by atoms with van der Waals surface area (Å²) in [6, 6.07) is 0. The summed E-state index contributed by atoms with van der Waals surface area (Å²) < 4.78 is 5.59. The van der Waals surface area contributed by atoms with Gasteiger partial charge in [-0.3, -0.25) is 0 Å². The molecule has 0 spiro atoms. The predicted octanol–water partition coefficient (Wildman–Crippen LogP) is 1.94. The quantitative estimate of drug-likeness (QED) is 0.681. The molecule has 0 radical (unpaired) electrons. The summed E-state index contributed by atoms with van der Waals surface area (Å²) >= 11 is 0. The van der Waals surface area contributed by atoms with E-state index in [9.17, 15) is 5.11 Å². The number of aliphatic hydroxyl groups excluding tert-OH is 1. The van der Waals surface area contributed by atoms with Crippen LogP contribution in [0.4, 0.5) is 0 Å². The van der Waals surface area contributed by atoms with Crippen LogP contribution in [0.25, 0.3) is 0 Å². The molecule has 0 aromatic heterocycles. The Balaban J connectivity index is 1.79. The Kier molecular flexibility index (Phi) is 1.88. The van der Waals surface area contributed by atoms with Crippen LogP contribution in [-0.4, -0.2) is 17.3 Å².